The maximum Gasteiger partial charge on any atom is 0.417 e. The number of carbonyl (C=O) groups is 1. The highest BCUT2D eigenvalue weighted by atomic mass is 35.5. The van der Waals surface area contributed by atoms with Gasteiger partial charge < -0.3 is 9.47 Å². The summed E-state index contributed by atoms with van der Waals surface area (Å²) in [6.07, 6.45) is -4.54. The van der Waals surface area contributed by atoms with Crippen LogP contribution in [0.5, 0.6) is 5.75 Å². The molecule has 0 aliphatic heterocycles. The van der Waals surface area contributed by atoms with Crippen molar-refractivity contribution in [3.63, 3.8) is 0 Å². The Morgan fingerprint density at radius 1 is 1.33 bits per heavy atom. The molecule has 3 nitrogen and oxygen atoms in total. The smallest absolute Gasteiger partial charge is 0.417 e. The van der Waals surface area contributed by atoms with Crippen LogP contribution in [-0.2, 0) is 15.7 Å². The summed E-state index contributed by atoms with van der Waals surface area (Å²) in [5.41, 5.74) is -0.964. The van der Waals surface area contributed by atoms with Gasteiger partial charge in [-0.25, -0.2) is 0 Å². The van der Waals surface area contributed by atoms with E-state index in [4.69, 9.17) is 16.3 Å². The minimum atomic E-state index is -4.54. The number of carbonyl (C=O) groups excluding carboxylic acids is 1. The van der Waals surface area contributed by atoms with E-state index in [1.165, 1.54) is 13.0 Å². The summed E-state index contributed by atoms with van der Waals surface area (Å²) in [4.78, 5) is 10.4. The number of ether oxygens (including phenoxy) is 2. The van der Waals surface area contributed by atoms with Crippen LogP contribution < -0.4 is 4.74 Å². The lowest BCUT2D eigenvalue weighted by Gasteiger charge is -2.11. The molecular weight excluding hydrogens is 273 g/mol. The lowest BCUT2D eigenvalue weighted by Crippen LogP contribution is -2.10. The molecule has 0 atom stereocenters. The van der Waals surface area contributed by atoms with E-state index in [9.17, 15) is 18.0 Å². The van der Waals surface area contributed by atoms with Crippen molar-refractivity contribution in [3.05, 3.63) is 28.8 Å². The molecule has 0 saturated carbocycles. The molecule has 0 N–H and O–H groups in total. The molecule has 0 fully saturated rings. The highest BCUT2D eigenvalue weighted by Crippen LogP contribution is 2.36. The molecule has 0 bridgehead atoms. The van der Waals surface area contributed by atoms with Crippen LogP contribution >= 0.6 is 11.6 Å². The van der Waals surface area contributed by atoms with E-state index in [0.717, 1.165) is 12.1 Å². The minimum absolute atomic E-state index is 0.0128. The maximum absolute atomic E-state index is 12.5. The van der Waals surface area contributed by atoms with Crippen molar-refractivity contribution in [2.75, 3.05) is 13.2 Å². The second-order valence-corrected chi connectivity index (χ2v) is 3.74. The molecule has 0 spiro atoms. The number of hydrogen-bond acceptors (Lipinski definition) is 3. The summed E-state index contributed by atoms with van der Waals surface area (Å²) in [5.74, 6) is -0.468. The number of benzene rings is 1. The van der Waals surface area contributed by atoms with Crippen LogP contribution in [0.1, 0.15) is 12.5 Å². The van der Waals surface area contributed by atoms with E-state index in [0.29, 0.717) is 0 Å². The van der Waals surface area contributed by atoms with Gasteiger partial charge in [-0.1, -0.05) is 11.6 Å². The van der Waals surface area contributed by atoms with E-state index >= 15 is 0 Å². The molecule has 0 unspecified atom stereocenters. The molecule has 0 aliphatic carbocycles. The van der Waals surface area contributed by atoms with Crippen molar-refractivity contribution in [2.45, 2.75) is 13.1 Å². The molecule has 0 heterocycles. The third-order valence-corrected chi connectivity index (χ3v) is 2.23. The lowest BCUT2D eigenvalue weighted by atomic mass is 10.2. The molecule has 7 heteroatoms. The van der Waals surface area contributed by atoms with Gasteiger partial charge in [0, 0.05) is 6.92 Å². The molecule has 0 radical (unpaired) electrons. The molecule has 0 saturated heterocycles. The Labute approximate surface area is 106 Å². The summed E-state index contributed by atoms with van der Waals surface area (Å²) in [6.45, 7) is 1.17. The highest BCUT2D eigenvalue weighted by Gasteiger charge is 2.33. The molecule has 1 aromatic rings. The molecule has 0 aliphatic rings. The second-order valence-electron chi connectivity index (χ2n) is 3.33. The van der Waals surface area contributed by atoms with Crippen LogP contribution in [0.3, 0.4) is 0 Å². The van der Waals surface area contributed by atoms with Crippen molar-refractivity contribution in [1.29, 1.82) is 0 Å². The predicted octanol–water partition coefficient (Wildman–Crippen LogP) is 3.30. The van der Waals surface area contributed by atoms with E-state index < -0.39 is 22.7 Å². The highest BCUT2D eigenvalue weighted by molar-refractivity contribution is 6.31. The van der Waals surface area contributed by atoms with Crippen LogP contribution in [0, 0.1) is 0 Å². The van der Waals surface area contributed by atoms with Crippen molar-refractivity contribution in [1.82, 2.24) is 0 Å². The average Bonchev–Trinajstić information content (AvgIpc) is 2.24. The van der Waals surface area contributed by atoms with Crippen LogP contribution in [0.15, 0.2) is 18.2 Å². The zero-order valence-electron chi connectivity index (χ0n) is 9.38. The van der Waals surface area contributed by atoms with E-state index in [-0.39, 0.29) is 19.0 Å². The van der Waals surface area contributed by atoms with Gasteiger partial charge in [0.2, 0.25) is 0 Å². The van der Waals surface area contributed by atoms with E-state index in [1.807, 2.05) is 0 Å². The van der Waals surface area contributed by atoms with Gasteiger partial charge in [-0.15, -0.1) is 0 Å². The van der Waals surface area contributed by atoms with Crippen molar-refractivity contribution < 1.29 is 27.4 Å². The van der Waals surface area contributed by atoms with Crippen LogP contribution in [0.25, 0.3) is 0 Å². The van der Waals surface area contributed by atoms with Gasteiger partial charge in [0.1, 0.15) is 19.0 Å². The normalized spacial score (nSPS) is 11.2. The molecule has 0 aromatic heterocycles. The fourth-order valence-electron chi connectivity index (χ4n) is 1.16. The summed E-state index contributed by atoms with van der Waals surface area (Å²) >= 11 is 5.44. The lowest BCUT2D eigenvalue weighted by molar-refractivity contribution is -0.141. The minimum Gasteiger partial charge on any atom is -0.490 e. The fourth-order valence-corrected chi connectivity index (χ4v) is 1.38. The predicted molar refractivity (Wildman–Crippen MR) is 58.6 cm³/mol. The summed E-state index contributed by atoms with van der Waals surface area (Å²) in [5, 5.41) is -0.394. The molecular formula is C11H10ClF3O3. The van der Waals surface area contributed by atoms with Gasteiger partial charge in [0.15, 0.2) is 0 Å². The summed E-state index contributed by atoms with van der Waals surface area (Å²) in [6, 6.07) is 3.22. The molecule has 0 amide bonds. The third kappa shape index (κ3) is 4.44. The third-order valence-electron chi connectivity index (χ3n) is 1.90. The van der Waals surface area contributed by atoms with E-state index in [2.05, 4.69) is 4.74 Å². The largest absolute Gasteiger partial charge is 0.490 e. The standard InChI is InChI=1S/C11H10ClF3O3/c1-7(16)17-4-5-18-8-2-3-10(12)9(6-8)11(13,14)15/h2-3,6H,4-5H2,1H3. The first-order valence-electron chi connectivity index (χ1n) is 4.93. The number of alkyl halides is 3. The molecule has 18 heavy (non-hydrogen) atoms. The quantitative estimate of drug-likeness (QED) is 0.628. The van der Waals surface area contributed by atoms with Gasteiger partial charge >= 0.3 is 12.1 Å². The number of rotatable bonds is 4. The van der Waals surface area contributed by atoms with Crippen molar-refractivity contribution in [2.24, 2.45) is 0 Å². The van der Waals surface area contributed by atoms with Gasteiger partial charge in [0.05, 0.1) is 10.6 Å². The van der Waals surface area contributed by atoms with Gasteiger partial charge in [0.25, 0.3) is 0 Å². The van der Waals surface area contributed by atoms with Gasteiger partial charge in [-0.2, -0.15) is 13.2 Å². The Morgan fingerprint density at radius 3 is 2.56 bits per heavy atom. The average molecular weight is 283 g/mol. The first-order valence-corrected chi connectivity index (χ1v) is 5.31. The van der Waals surface area contributed by atoms with Crippen molar-refractivity contribution in [3.8, 4) is 5.75 Å². The zero-order chi connectivity index (χ0) is 13.8. The molecule has 1 aromatic carbocycles. The number of esters is 1. The SMILES string of the molecule is CC(=O)OCCOc1ccc(Cl)c(C(F)(F)F)c1. The summed E-state index contributed by atoms with van der Waals surface area (Å²) in [7, 11) is 0. The topological polar surface area (TPSA) is 35.5 Å². The first-order chi connectivity index (χ1) is 8.30. The van der Waals surface area contributed by atoms with Crippen LogP contribution in [0.2, 0.25) is 5.02 Å². The number of hydrogen-bond donors (Lipinski definition) is 0. The van der Waals surface area contributed by atoms with E-state index in [1.54, 1.807) is 0 Å². The zero-order valence-corrected chi connectivity index (χ0v) is 10.1. The Morgan fingerprint density at radius 2 is 2.00 bits per heavy atom. The molecule has 100 valence electrons. The van der Waals surface area contributed by atoms with Crippen molar-refractivity contribution >= 4 is 17.6 Å². The Bertz CT molecular complexity index is 432. The Balaban J connectivity index is 2.65. The summed E-state index contributed by atoms with van der Waals surface area (Å²) < 4.78 is 47.1. The van der Waals surface area contributed by atoms with Crippen LogP contribution in [0.4, 0.5) is 13.2 Å². The Hall–Kier alpha value is -1.43. The second kappa shape index (κ2) is 5.95. The molecule has 1 rings (SSSR count). The first kappa shape index (κ1) is 14.6. The van der Waals surface area contributed by atoms with Gasteiger partial charge in [-0.05, 0) is 18.2 Å². The fraction of sp³-hybridized carbons (Fsp3) is 0.364. The monoisotopic (exact) mass is 282 g/mol. The van der Waals surface area contributed by atoms with Crippen LogP contribution in [-0.4, -0.2) is 19.2 Å². The number of halogens is 4. The Kier molecular flexibility index (Phi) is 4.84. The van der Waals surface area contributed by atoms with Gasteiger partial charge in [-0.3, -0.25) is 4.79 Å². The maximum atomic E-state index is 12.5.